The van der Waals surface area contributed by atoms with Crippen molar-refractivity contribution >= 4 is 12.2 Å². The van der Waals surface area contributed by atoms with E-state index in [4.69, 9.17) is 0 Å². The molecule has 0 unspecified atom stereocenters. The summed E-state index contributed by atoms with van der Waals surface area (Å²) in [6.45, 7) is 3.05. The Labute approximate surface area is 71.4 Å². The maximum atomic E-state index is 9.69. The summed E-state index contributed by atoms with van der Waals surface area (Å²) in [6.07, 6.45) is 4.63. The van der Waals surface area contributed by atoms with E-state index in [0.29, 0.717) is 19.0 Å². The van der Waals surface area contributed by atoms with Gasteiger partial charge in [-0.1, -0.05) is 6.92 Å². The normalized spacial score (nSPS) is 11.1. The highest BCUT2D eigenvalue weighted by Crippen LogP contribution is 2.06. The molecule has 0 aromatic carbocycles. The van der Waals surface area contributed by atoms with Gasteiger partial charge >= 0.3 is 0 Å². The molecule has 4 nitrogen and oxygen atoms in total. The predicted molar refractivity (Wildman–Crippen MR) is 44.4 cm³/mol. The van der Waals surface area contributed by atoms with E-state index in [-0.39, 0.29) is 0 Å². The second kappa shape index (κ2) is 7.86. The molecule has 0 amide bonds. The van der Waals surface area contributed by atoms with Crippen molar-refractivity contribution in [2.45, 2.75) is 19.8 Å². The standard InChI is InChI=1S/C8H12N2O2/c1-8(2-4-9-6-11)3-5-10-7-12/h8H,2-5H2,1H3. The molecule has 0 fully saturated rings. The molecule has 0 heterocycles. The molecule has 0 rings (SSSR count). The monoisotopic (exact) mass is 168 g/mol. The number of hydrogen-bond donors (Lipinski definition) is 0. The molecule has 0 radical (unpaired) electrons. The van der Waals surface area contributed by atoms with Crippen LogP contribution in [0, 0.1) is 5.92 Å². The second-order valence-corrected chi connectivity index (χ2v) is 2.63. The van der Waals surface area contributed by atoms with E-state index in [1.54, 1.807) is 0 Å². The van der Waals surface area contributed by atoms with Crippen LogP contribution in [0.25, 0.3) is 0 Å². The number of aliphatic imine (C=N–C) groups is 2. The van der Waals surface area contributed by atoms with Crippen LogP contribution in [0.2, 0.25) is 0 Å². The van der Waals surface area contributed by atoms with Crippen molar-refractivity contribution in [3.63, 3.8) is 0 Å². The molecule has 0 atom stereocenters. The lowest BCUT2D eigenvalue weighted by Gasteiger charge is -2.04. The fraction of sp³-hybridized carbons (Fsp3) is 0.750. The molecule has 0 saturated carbocycles. The van der Waals surface area contributed by atoms with Crippen LogP contribution in [-0.4, -0.2) is 25.2 Å². The summed E-state index contributed by atoms with van der Waals surface area (Å²) in [4.78, 5) is 26.2. The van der Waals surface area contributed by atoms with Gasteiger partial charge in [0.25, 0.3) is 0 Å². The quantitative estimate of drug-likeness (QED) is 0.440. The lowest BCUT2D eigenvalue weighted by molar-refractivity contribution is 0.502. The summed E-state index contributed by atoms with van der Waals surface area (Å²) in [6, 6.07) is 0. The third-order valence-electron chi connectivity index (χ3n) is 1.60. The first-order chi connectivity index (χ1) is 5.81. The molecule has 12 heavy (non-hydrogen) atoms. The molecule has 66 valence electrons. The molecule has 0 aliphatic heterocycles. The van der Waals surface area contributed by atoms with Crippen molar-refractivity contribution in [1.29, 1.82) is 0 Å². The van der Waals surface area contributed by atoms with E-state index in [1.807, 2.05) is 6.92 Å². The van der Waals surface area contributed by atoms with E-state index < -0.39 is 0 Å². The van der Waals surface area contributed by atoms with Gasteiger partial charge in [0.1, 0.15) is 0 Å². The van der Waals surface area contributed by atoms with Gasteiger partial charge in [0, 0.05) is 0 Å². The lowest BCUT2D eigenvalue weighted by atomic mass is 10.0. The Morgan fingerprint density at radius 2 is 1.50 bits per heavy atom. The van der Waals surface area contributed by atoms with E-state index in [9.17, 15) is 9.59 Å². The van der Waals surface area contributed by atoms with Gasteiger partial charge < -0.3 is 0 Å². The number of hydrogen-bond acceptors (Lipinski definition) is 4. The first kappa shape index (κ1) is 10.8. The summed E-state index contributed by atoms with van der Waals surface area (Å²) in [7, 11) is 0. The van der Waals surface area contributed by atoms with E-state index in [0.717, 1.165) is 12.8 Å². The van der Waals surface area contributed by atoms with Crippen molar-refractivity contribution in [2.75, 3.05) is 13.1 Å². The SMILES string of the molecule is CC(CCN=C=O)CCN=C=O. The number of isocyanates is 2. The van der Waals surface area contributed by atoms with Crippen LogP contribution in [0.15, 0.2) is 9.98 Å². The highest BCUT2D eigenvalue weighted by Gasteiger charge is 1.99. The Bertz CT molecular complexity index is 181. The van der Waals surface area contributed by atoms with Crippen molar-refractivity contribution < 1.29 is 9.59 Å². The topological polar surface area (TPSA) is 58.9 Å². The Hall–Kier alpha value is -1.24. The van der Waals surface area contributed by atoms with Gasteiger partial charge in [-0.3, -0.25) is 0 Å². The van der Waals surface area contributed by atoms with Crippen LogP contribution in [-0.2, 0) is 9.59 Å². The number of rotatable bonds is 6. The maximum absolute atomic E-state index is 9.69. The van der Waals surface area contributed by atoms with E-state index in [1.165, 1.54) is 12.2 Å². The summed E-state index contributed by atoms with van der Waals surface area (Å²) in [5, 5.41) is 0. The minimum Gasteiger partial charge on any atom is -0.211 e. The first-order valence-corrected chi connectivity index (χ1v) is 3.88. The van der Waals surface area contributed by atoms with Crippen molar-refractivity contribution in [3.05, 3.63) is 0 Å². The van der Waals surface area contributed by atoms with Crippen molar-refractivity contribution in [1.82, 2.24) is 0 Å². The third kappa shape index (κ3) is 6.87. The minimum absolute atomic E-state index is 0.430. The Morgan fingerprint density at radius 3 is 1.83 bits per heavy atom. The summed E-state index contributed by atoms with van der Waals surface area (Å²) >= 11 is 0. The molecular formula is C8H12N2O2. The predicted octanol–water partition coefficient (Wildman–Crippen LogP) is 1.07. The van der Waals surface area contributed by atoms with E-state index >= 15 is 0 Å². The number of carbonyl (C=O) groups excluding carboxylic acids is 2. The smallest absolute Gasteiger partial charge is 0.211 e. The molecule has 4 heteroatoms. The molecular weight excluding hydrogens is 156 g/mol. The second-order valence-electron chi connectivity index (χ2n) is 2.63. The van der Waals surface area contributed by atoms with Crippen LogP contribution in [0.1, 0.15) is 19.8 Å². The molecule has 0 aliphatic carbocycles. The summed E-state index contributed by atoms with van der Waals surface area (Å²) < 4.78 is 0. The molecule has 0 aromatic heterocycles. The van der Waals surface area contributed by atoms with Gasteiger partial charge in [0.05, 0.1) is 13.1 Å². The molecule has 0 bridgehead atoms. The van der Waals surface area contributed by atoms with Crippen molar-refractivity contribution in [3.8, 4) is 0 Å². The zero-order chi connectivity index (χ0) is 9.23. The maximum Gasteiger partial charge on any atom is 0.234 e. The van der Waals surface area contributed by atoms with Gasteiger partial charge in [-0.05, 0) is 18.8 Å². The Balaban J connectivity index is 3.38. The van der Waals surface area contributed by atoms with Gasteiger partial charge in [0.2, 0.25) is 12.2 Å². The van der Waals surface area contributed by atoms with Crippen LogP contribution < -0.4 is 0 Å². The molecule has 0 aliphatic rings. The van der Waals surface area contributed by atoms with Gasteiger partial charge in [-0.15, -0.1) is 0 Å². The first-order valence-electron chi connectivity index (χ1n) is 3.88. The highest BCUT2D eigenvalue weighted by molar-refractivity contribution is 5.33. The third-order valence-corrected chi connectivity index (χ3v) is 1.60. The van der Waals surface area contributed by atoms with Crippen LogP contribution in [0.3, 0.4) is 0 Å². The zero-order valence-electron chi connectivity index (χ0n) is 7.12. The summed E-state index contributed by atoms with van der Waals surface area (Å²) in [5.41, 5.74) is 0. The number of nitrogens with zero attached hydrogens (tertiary/aromatic N) is 2. The molecule has 0 spiro atoms. The fourth-order valence-electron chi connectivity index (χ4n) is 0.805. The van der Waals surface area contributed by atoms with Crippen molar-refractivity contribution in [2.24, 2.45) is 15.9 Å². The van der Waals surface area contributed by atoms with Crippen LogP contribution >= 0.6 is 0 Å². The Kier molecular flexibility index (Phi) is 7.05. The minimum atomic E-state index is 0.430. The Morgan fingerprint density at radius 1 is 1.08 bits per heavy atom. The molecule has 0 saturated heterocycles. The van der Waals surface area contributed by atoms with Crippen LogP contribution in [0.4, 0.5) is 0 Å². The largest absolute Gasteiger partial charge is 0.234 e. The average Bonchev–Trinajstić information content (AvgIpc) is 2.06. The van der Waals surface area contributed by atoms with Gasteiger partial charge in [0.15, 0.2) is 0 Å². The molecule has 0 N–H and O–H groups in total. The van der Waals surface area contributed by atoms with Gasteiger partial charge in [-0.25, -0.2) is 19.6 Å². The van der Waals surface area contributed by atoms with E-state index in [2.05, 4.69) is 9.98 Å². The van der Waals surface area contributed by atoms with Crippen LogP contribution in [0.5, 0.6) is 0 Å². The lowest BCUT2D eigenvalue weighted by Crippen LogP contribution is -1.98. The highest BCUT2D eigenvalue weighted by atomic mass is 16.1. The zero-order valence-corrected chi connectivity index (χ0v) is 7.12. The average molecular weight is 168 g/mol. The van der Waals surface area contributed by atoms with Gasteiger partial charge in [-0.2, -0.15) is 0 Å². The fourth-order valence-corrected chi connectivity index (χ4v) is 0.805. The summed E-state index contributed by atoms with van der Waals surface area (Å²) in [5.74, 6) is 0.430. The molecule has 0 aromatic rings.